The lowest BCUT2D eigenvalue weighted by molar-refractivity contribution is 0.102. The van der Waals surface area contributed by atoms with Gasteiger partial charge < -0.3 is 19.6 Å². The van der Waals surface area contributed by atoms with Crippen LogP contribution in [-0.4, -0.2) is 40.4 Å². The van der Waals surface area contributed by atoms with Crippen molar-refractivity contribution >= 4 is 22.8 Å². The van der Waals surface area contributed by atoms with Crippen LogP contribution in [0.25, 0.3) is 11.0 Å². The number of amides is 1. The minimum Gasteiger partial charge on any atom is -0.472 e. The summed E-state index contributed by atoms with van der Waals surface area (Å²) in [6.45, 7) is 5.75. The number of anilines is 1. The van der Waals surface area contributed by atoms with E-state index in [0.29, 0.717) is 17.3 Å². The summed E-state index contributed by atoms with van der Waals surface area (Å²) in [6, 6.07) is 5.45. The number of nitrogens with one attached hydrogen (secondary N) is 2. The van der Waals surface area contributed by atoms with Crippen molar-refractivity contribution in [1.29, 1.82) is 0 Å². The van der Waals surface area contributed by atoms with E-state index in [9.17, 15) is 4.79 Å². The van der Waals surface area contributed by atoms with Crippen molar-refractivity contribution in [3.8, 4) is 0 Å². The smallest absolute Gasteiger partial charge is 0.260 e. The summed E-state index contributed by atoms with van der Waals surface area (Å²) in [6.07, 6.45) is 9.85. The zero-order valence-corrected chi connectivity index (χ0v) is 15.7. The molecule has 0 aliphatic carbocycles. The second-order valence-corrected chi connectivity index (χ2v) is 7.27. The molecule has 1 aliphatic heterocycles. The molecule has 1 amide bonds. The molecule has 0 radical (unpaired) electrons. The lowest BCUT2D eigenvalue weighted by atomic mass is 9.90. The molecular weight excluding hydrogens is 340 g/mol. The molecule has 0 bridgehead atoms. The quantitative estimate of drug-likeness (QED) is 0.679. The molecule has 6 nitrogen and oxygen atoms in total. The summed E-state index contributed by atoms with van der Waals surface area (Å²) in [7, 11) is 0. The van der Waals surface area contributed by atoms with E-state index in [0.717, 1.165) is 37.0 Å². The SMILES string of the molecule is CCCCN1CCC(c2c[nH]c3ccc(NC(=O)c4ccoc4)nc23)CC1. The van der Waals surface area contributed by atoms with Crippen molar-refractivity contribution in [2.75, 3.05) is 25.0 Å². The molecule has 0 unspecified atom stereocenters. The molecule has 0 saturated carbocycles. The molecule has 0 aromatic carbocycles. The fourth-order valence-corrected chi connectivity index (χ4v) is 3.83. The molecule has 142 valence electrons. The van der Waals surface area contributed by atoms with E-state index < -0.39 is 0 Å². The summed E-state index contributed by atoms with van der Waals surface area (Å²) >= 11 is 0. The van der Waals surface area contributed by atoms with Crippen molar-refractivity contribution in [3.63, 3.8) is 0 Å². The number of aromatic nitrogens is 2. The van der Waals surface area contributed by atoms with Crippen LogP contribution in [0, 0.1) is 0 Å². The minimum atomic E-state index is -0.211. The van der Waals surface area contributed by atoms with E-state index >= 15 is 0 Å². The third-order valence-electron chi connectivity index (χ3n) is 5.43. The Balaban J connectivity index is 1.48. The summed E-state index contributed by atoms with van der Waals surface area (Å²) < 4.78 is 4.97. The van der Waals surface area contributed by atoms with Gasteiger partial charge in [-0.1, -0.05) is 13.3 Å². The number of piperidine rings is 1. The number of aromatic amines is 1. The van der Waals surface area contributed by atoms with Gasteiger partial charge in [0.25, 0.3) is 5.91 Å². The molecule has 6 heteroatoms. The van der Waals surface area contributed by atoms with Crippen LogP contribution in [-0.2, 0) is 0 Å². The number of hydrogen-bond donors (Lipinski definition) is 2. The van der Waals surface area contributed by atoms with E-state index in [4.69, 9.17) is 9.40 Å². The number of pyridine rings is 1. The Morgan fingerprint density at radius 1 is 1.33 bits per heavy atom. The number of carbonyl (C=O) groups excluding carboxylic acids is 1. The fraction of sp³-hybridized carbons (Fsp3) is 0.429. The van der Waals surface area contributed by atoms with Crippen LogP contribution in [0.15, 0.2) is 41.3 Å². The third-order valence-corrected chi connectivity index (χ3v) is 5.43. The maximum atomic E-state index is 12.2. The molecule has 0 spiro atoms. The van der Waals surface area contributed by atoms with Crippen LogP contribution in [0.1, 0.15) is 54.4 Å². The lowest BCUT2D eigenvalue weighted by Gasteiger charge is -2.31. The molecule has 0 atom stereocenters. The van der Waals surface area contributed by atoms with Gasteiger partial charge in [-0.25, -0.2) is 4.98 Å². The summed E-state index contributed by atoms with van der Waals surface area (Å²) in [5.74, 6) is 0.871. The zero-order valence-electron chi connectivity index (χ0n) is 15.7. The van der Waals surface area contributed by atoms with Gasteiger partial charge in [0, 0.05) is 6.20 Å². The van der Waals surface area contributed by atoms with Gasteiger partial charge in [0.2, 0.25) is 0 Å². The monoisotopic (exact) mass is 366 g/mol. The molecule has 1 saturated heterocycles. The molecule has 4 rings (SSSR count). The van der Waals surface area contributed by atoms with Crippen LogP contribution < -0.4 is 5.32 Å². The number of fused-ring (bicyclic) bond motifs is 1. The van der Waals surface area contributed by atoms with Crippen LogP contribution in [0.5, 0.6) is 0 Å². The standard InChI is InChI=1S/C21H26N4O2/c1-2-3-9-25-10-6-15(7-11-25)17-13-22-18-4-5-19(23-20(17)18)24-21(26)16-8-12-27-14-16/h4-5,8,12-15,22H,2-3,6-7,9-11H2,1H3,(H,23,24,26). The average molecular weight is 366 g/mol. The van der Waals surface area contributed by atoms with E-state index in [2.05, 4.69) is 28.3 Å². The summed E-state index contributed by atoms with van der Waals surface area (Å²) in [5.41, 5.74) is 3.73. The topological polar surface area (TPSA) is 74.2 Å². The van der Waals surface area contributed by atoms with Crippen molar-refractivity contribution < 1.29 is 9.21 Å². The number of furan rings is 1. The van der Waals surface area contributed by atoms with Gasteiger partial charge in [0.15, 0.2) is 0 Å². The van der Waals surface area contributed by atoms with Gasteiger partial charge >= 0.3 is 0 Å². The Morgan fingerprint density at radius 3 is 2.93 bits per heavy atom. The van der Waals surface area contributed by atoms with Gasteiger partial charge in [-0.05, 0) is 68.6 Å². The van der Waals surface area contributed by atoms with Gasteiger partial charge in [0.1, 0.15) is 12.1 Å². The minimum absolute atomic E-state index is 0.211. The molecule has 1 fully saturated rings. The second kappa shape index (κ2) is 7.96. The summed E-state index contributed by atoms with van der Waals surface area (Å²) in [4.78, 5) is 22.9. The first-order valence-electron chi connectivity index (χ1n) is 9.78. The highest BCUT2D eigenvalue weighted by Gasteiger charge is 2.23. The maximum Gasteiger partial charge on any atom is 0.260 e. The number of unbranched alkanes of at least 4 members (excludes halogenated alkanes) is 1. The van der Waals surface area contributed by atoms with Crippen LogP contribution in [0.2, 0.25) is 0 Å². The lowest BCUT2D eigenvalue weighted by Crippen LogP contribution is -2.33. The molecule has 3 aromatic rings. The number of carbonyl (C=O) groups is 1. The van der Waals surface area contributed by atoms with Crippen LogP contribution in [0.3, 0.4) is 0 Å². The van der Waals surface area contributed by atoms with E-state index in [1.54, 1.807) is 6.07 Å². The van der Waals surface area contributed by atoms with E-state index in [1.165, 1.54) is 37.5 Å². The van der Waals surface area contributed by atoms with Gasteiger partial charge in [-0.2, -0.15) is 0 Å². The Morgan fingerprint density at radius 2 is 2.19 bits per heavy atom. The van der Waals surface area contributed by atoms with E-state index in [1.807, 2.05) is 12.1 Å². The molecule has 3 aromatic heterocycles. The predicted molar refractivity (Wildman–Crippen MR) is 106 cm³/mol. The Kier molecular flexibility index (Phi) is 5.25. The highest BCUT2D eigenvalue weighted by atomic mass is 16.3. The largest absolute Gasteiger partial charge is 0.472 e. The average Bonchev–Trinajstić information content (AvgIpc) is 3.36. The van der Waals surface area contributed by atoms with Gasteiger partial charge in [0.05, 0.1) is 22.9 Å². The first-order chi connectivity index (χ1) is 13.2. The molecule has 27 heavy (non-hydrogen) atoms. The normalized spacial score (nSPS) is 16.0. The third kappa shape index (κ3) is 3.90. The van der Waals surface area contributed by atoms with Crippen molar-refractivity contribution in [1.82, 2.24) is 14.9 Å². The van der Waals surface area contributed by atoms with Gasteiger partial charge in [-0.15, -0.1) is 0 Å². The molecule has 2 N–H and O–H groups in total. The zero-order chi connectivity index (χ0) is 18.6. The van der Waals surface area contributed by atoms with Crippen molar-refractivity contribution in [3.05, 3.63) is 48.0 Å². The van der Waals surface area contributed by atoms with Crippen molar-refractivity contribution in [2.45, 2.75) is 38.5 Å². The van der Waals surface area contributed by atoms with E-state index in [-0.39, 0.29) is 5.91 Å². The number of hydrogen-bond acceptors (Lipinski definition) is 4. The maximum absolute atomic E-state index is 12.2. The molecule has 4 heterocycles. The Hall–Kier alpha value is -2.60. The first kappa shape index (κ1) is 17.8. The Labute approximate surface area is 159 Å². The van der Waals surface area contributed by atoms with Crippen molar-refractivity contribution in [2.24, 2.45) is 0 Å². The first-order valence-corrected chi connectivity index (χ1v) is 9.78. The molecule has 1 aliphatic rings. The predicted octanol–water partition coefficient (Wildman–Crippen LogP) is 4.39. The summed E-state index contributed by atoms with van der Waals surface area (Å²) in [5, 5.41) is 2.85. The fourth-order valence-electron chi connectivity index (χ4n) is 3.83. The van der Waals surface area contributed by atoms with Crippen LogP contribution >= 0.6 is 0 Å². The highest BCUT2D eigenvalue weighted by molar-refractivity contribution is 6.03. The van der Waals surface area contributed by atoms with Crippen LogP contribution in [0.4, 0.5) is 5.82 Å². The number of nitrogens with zero attached hydrogens (tertiary/aromatic N) is 2. The number of rotatable bonds is 6. The highest BCUT2D eigenvalue weighted by Crippen LogP contribution is 2.33. The Bertz CT molecular complexity index is 892. The second-order valence-electron chi connectivity index (χ2n) is 7.27. The van der Waals surface area contributed by atoms with Gasteiger partial charge in [-0.3, -0.25) is 4.79 Å². The number of H-pyrrole nitrogens is 1. The molecular formula is C21H26N4O2. The number of likely N-dealkylation sites (tertiary alicyclic amines) is 1.